The van der Waals surface area contributed by atoms with Crippen molar-refractivity contribution in [3.63, 3.8) is 0 Å². The molecule has 2 fully saturated rings. The van der Waals surface area contributed by atoms with Crippen molar-refractivity contribution in [1.29, 1.82) is 0 Å². The second kappa shape index (κ2) is 8.81. The first kappa shape index (κ1) is 21.2. The Morgan fingerprint density at radius 1 is 1.15 bits per heavy atom. The van der Waals surface area contributed by atoms with Gasteiger partial charge in [0.1, 0.15) is 29.6 Å². The summed E-state index contributed by atoms with van der Waals surface area (Å²) in [7, 11) is 1.60. The van der Waals surface area contributed by atoms with E-state index < -0.39 is 0 Å². The Morgan fingerprint density at radius 3 is 2.82 bits per heavy atom. The molecule has 1 N–H and O–H groups in total. The average molecular weight is 461 g/mol. The Bertz CT molecular complexity index is 1290. The number of nitrogens with one attached hydrogen (secondary N) is 1. The van der Waals surface area contributed by atoms with Crippen LogP contribution in [-0.2, 0) is 6.54 Å². The van der Waals surface area contributed by atoms with Crippen molar-refractivity contribution in [2.45, 2.75) is 25.4 Å². The molecule has 0 unspecified atom stereocenters. The molecular weight excluding hydrogens is 433 g/mol. The van der Waals surface area contributed by atoms with Crippen LogP contribution in [0, 0.1) is 11.9 Å². The number of methoxy groups -OCH3 is 1. The summed E-state index contributed by atoms with van der Waals surface area (Å²) in [5, 5.41) is 5.60. The zero-order valence-corrected chi connectivity index (χ0v) is 19.1. The molecule has 3 aromatic heterocycles. The van der Waals surface area contributed by atoms with E-state index in [1.807, 2.05) is 29.2 Å². The lowest BCUT2D eigenvalue weighted by Crippen LogP contribution is -2.56. The summed E-state index contributed by atoms with van der Waals surface area (Å²) in [6, 6.07) is 8.87. The topological polar surface area (TPSA) is 75.1 Å². The largest absolute Gasteiger partial charge is 0.496 e. The van der Waals surface area contributed by atoms with Gasteiger partial charge in [-0.1, -0.05) is 6.07 Å². The molecule has 1 aromatic carbocycles. The van der Waals surface area contributed by atoms with Gasteiger partial charge in [0.15, 0.2) is 0 Å². The molecule has 5 heterocycles. The van der Waals surface area contributed by atoms with Gasteiger partial charge in [0.05, 0.1) is 19.0 Å². The van der Waals surface area contributed by atoms with Crippen molar-refractivity contribution in [3.05, 3.63) is 66.6 Å². The maximum Gasteiger partial charge on any atom is 0.141 e. The number of ether oxygens (including phenoxy) is 1. The third kappa shape index (κ3) is 3.84. The second-order valence-electron chi connectivity index (χ2n) is 9.03. The number of aromatic amines is 1. The number of nitrogens with zero attached hydrogens (tertiary/aromatic N) is 6. The molecule has 0 saturated carbocycles. The molecule has 2 saturated heterocycles. The van der Waals surface area contributed by atoms with Gasteiger partial charge < -0.3 is 9.72 Å². The second-order valence-corrected chi connectivity index (χ2v) is 9.03. The van der Waals surface area contributed by atoms with Crippen molar-refractivity contribution in [3.8, 4) is 17.0 Å². The summed E-state index contributed by atoms with van der Waals surface area (Å²) < 4.78 is 21.7. The lowest BCUT2D eigenvalue weighted by atomic mass is 9.97. The normalized spacial score (nSPS) is 18.4. The zero-order chi connectivity index (χ0) is 23.1. The predicted octanol–water partition coefficient (Wildman–Crippen LogP) is 3.33. The van der Waals surface area contributed by atoms with Gasteiger partial charge in [0, 0.05) is 54.6 Å². The number of halogens is 1. The van der Waals surface area contributed by atoms with Gasteiger partial charge in [0.25, 0.3) is 0 Å². The Balaban J connectivity index is 1.04. The van der Waals surface area contributed by atoms with Gasteiger partial charge in [-0.2, -0.15) is 5.10 Å². The van der Waals surface area contributed by atoms with Gasteiger partial charge in [0.2, 0.25) is 0 Å². The number of fused-ring (bicyclic) bond motifs is 1. The highest BCUT2D eigenvalue weighted by molar-refractivity contribution is 5.90. The zero-order valence-electron chi connectivity index (χ0n) is 19.1. The van der Waals surface area contributed by atoms with Crippen LogP contribution in [0.1, 0.15) is 18.4 Å². The fraction of sp³-hybridized carbons (Fsp3) is 0.360. The van der Waals surface area contributed by atoms with Gasteiger partial charge in [-0.25, -0.2) is 14.4 Å². The van der Waals surface area contributed by atoms with Crippen molar-refractivity contribution in [2.75, 3.05) is 33.3 Å². The lowest BCUT2D eigenvalue weighted by molar-refractivity contribution is 0.0663. The molecule has 0 atom stereocenters. The van der Waals surface area contributed by atoms with E-state index in [1.165, 1.54) is 12.1 Å². The van der Waals surface area contributed by atoms with Crippen LogP contribution in [0.15, 0.2) is 49.2 Å². The van der Waals surface area contributed by atoms with Crippen LogP contribution < -0.4 is 4.74 Å². The Hall–Kier alpha value is -3.30. The van der Waals surface area contributed by atoms with Gasteiger partial charge in [-0.15, -0.1) is 0 Å². The summed E-state index contributed by atoms with van der Waals surface area (Å²) in [5.41, 5.74) is 3.38. The van der Waals surface area contributed by atoms with Crippen molar-refractivity contribution < 1.29 is 9.13 Å². The van der Waals surface area contributed by atoms with Gasteiger partial charge in [-0.3, -0.25) is 14.5 Å². The average Bonchev–Trinajstić information content (AvgIpc) is 3.50. The molecular formula is C25H27FN7O. The highest BCUT2D eigenvalue weighted by Crippen LogP contribution is 2.31. The standard InChI is InChI=1S/C25H27FN7O/c1-34-23-4-2-3-22(26)21(23)15-31-9-6-18(7-10-31)32-13-19(14-32)33-12-17(11-30-33)24-20-5-8-27-25(20)29-16-28-24/h2-5,8,11-12,16,18H,6-7,9-10,13-15H2,1H3,(H,27,28,29). The minimum Gasteiger partial charge on any atom is -0.496 e. The number of piperidine rings is 1. The monoisotopic (exact) mass is 460 g/mol. The molecule has 175 valence electrons. The molecule has 9 heteroatoms. The van der Waals surface area contributed by atoms with Crippen LogP contribution in [0.25, 0.3) is 22.3 Å². The summed E-state index contributed by atoms with van der Waals surface area (Å²) in [6.45, 7) is 4.36. The van der Waals surface area contributed by atoms with Crippen LogP contribution in [0.4, 0.5) is 4.39 Å². The minimum absolute atomic E-state index is 0.193. The minimum atomic E-state index is -0.193. The number of aromatic nitrogens is 5. The molecule has 8 nitrogen and oxygen atoms in total. The number of likely N-dealkylation sites (tertiary alicyclic amines) is 2. The fourth-order valence-electron chi connectivity index (χ4n) is 5.10. The highest BCUT2D eigenvalue weighted by Gasteiger charge is 2.36. The van der Waals surface area contributed by atoms with E-state index in [2.05, 4.69) is 36.0 Å². The van der Waals surface area contributed by atoms with E-state index in [0.29, 0.717) is 23.9 Å². The molecule has 2 aliphatic heterocycles. The van der Waals surface area contributed by atoms with E-state index >= 15 is 0 Å². The quantitative estimate of drug-likeness (QED) is 0.476. The predicted molar refractivity (Wildman–Crippen MR) is 127 cm³/mol. The molecule has 0 spiro atoms. The maximum absolute atomic E-state index is 14.3. The number of hydrogen-bond acceptors (Lipinski definition) is 6. The van der Waals surface area contributed by atoms with Crippen LogP contribution in [-0.4, -0.2) is 73.9 Å². The molecule has 2 aliphatic rings. The van der Waals surface area contributed by atoms with Crippen molar-refractivity contribution >= 4 is 11.0 Å². The fourth-order valence-corrected chi connectivity index (χ4v) is 5.10. The van der Waals surface area contributed by atoms with Gasteiger partial charge >= 0.3 is 0 Å². The van der Waals surface area contributed by atoms with E-state index in [-0.39, 0.29) is 5.82 Å². The van der Waals surface area contributed by atoms with Crippen LogP contribution in [0.3, 0.4) is 0 Å². The summed E-state index contributed by atoms with van der Waals surface area (Å²) in [4.78, 5) is 16.7. The van der Waals surface area contributed by atoms with Crippen LogP contribution >= 0.6 is 0 Å². The summed E-state index contributed by atoms with van der Waals surface area (Å²) in [5.74, 6) is 0.433. The van der Waals surface area contributed by atoms with E-state index in [1.54, 1.807) is 19.5 Å². The molecule has 0 amide bonds. The first-order chi connectivity index (χ1) is 16.7. The molecule has 6 rings (SSSR count). The van der Waals surface area contributed by atoms with Crippen LogP contribution in [0.2, 0.25) is 0 Å². The smallest absolute Gasteiger partial charge is 0.141 e. The van der Waals surface area contributed by atoms with Gasteiger partial charge in [-0.05, 0) is 44.1 Å². The van der Waals surface area contributed by atoms with E-state index in [0.717, 1.165) is 61.3 Å². The van der Waals surface area contributed by atoms with E-state index in [4.69, 9.17) is 4.74 Å². The maximum atomic E-state index is 14.3. The van der Waals surface area contributed by atoms with Crippen molar-refractivity contribution in [1.82, 2.24) is 34.5 Å². The summed E-state index contributed by atoms with van der Waals surface area (Å²) >= 11 is 0. The number of hydrogen-bond donors (Lipinski definition) is 1. The highest BCUT2D eigenvalue weighted by atomic mass is 19.1. The molecule has 1 radical (unpaired) electrons. The Labute approximate surface area is 197 Å². The molecule has 0 aliphatic carbocycles. The third-order valence-corrected chi connectivity index (χ3v) is 7.06. The first-order valence-electron chi connectivity index (χ1n) is 11.7. The van der Waals surface area contributed by atoms with E-state index in [9.17, 15) is 4.39 Å². The first-order valence-corrected chi connectivity index (χ1v) is 11.7. The number of H-pyrrole nitrogens is 1. The SMILES string of the molecule is COc1cccc(F)c1CN1CCC(N2C[C](n3cc(-c4ncnc5[nH]ccc45)cn3)C2)CC1. The molecule has 0 bridgehead atoms. The number of benzene rings is 1. The summed E-state index contributed by atoms with van der Waals surface area (Å²) in [6.07, 6.45) is 9.57. The Morgan fingerprint density at radius 2 is 2.00 bits per heavy atom. The van der Waals surface area contributed by atoms with Crippen LogP contribution in [0.5, 0.6) is 5.75 Å². The number of rotatable bonds is 6. The molecule has 4 aromatic rings. The Kier molecular flexibility index (Phi) is 5.50. The van der Waals surface area contributed by atoms with Crippen molar-refractivity contribution in [2.24, 2.45) is 0 Å². The lowest BCUT2D eigenvalue weighted by Gasteiger charge is -2.46. The molecule has 34 heavy (non-hydrogen) atoms. The third-order valence-electron chi connectivity index (χ3n) is 7.06.